The number of hydrogen-bond acceptors (Lipinski definition) is 4. The van der Waals surface area contributed by atoms with Crippen LogP contribution in [0.3, 0.4) is 0 Å². The molecule has 6 heteroatoms. The van der Waals surface area contributed by atoms with Crippen molar-refractivity contribution in [1.82, 2.24) is 0 Å². The Morgan fingerprint density at radius 2 is 0.738 bits per heavy atom. The van der Waals surface area contributed by atoms with Crippen molar-refractivity contribution in [2.75, 3.05) is 13.2 Å². The first kappa shape index (κ1) is 29.6. The van der Waals surface area contributed by atoms with Crippen molar-refractivity contribution in [1.29, 1.82) is 0 Å². The van der Waals surface area contributed by atoms with Crippen LogP contribution in [0.15, 0.2) is 121 Å². The zero-order valence-corrected chi connectivity index (χ0v) is 26.6. The molecular weight excluding hydrogens is 558 g/mol. The van der Waals surface area contributed by atoms with Gasteiger partial charge in [0.15, 0.2) is 11.6 Å². The van der Waals surface area contributed by atoms with Crippen LogP contribution in [0.25, 0.3) is 0 Å². The molecule has 2 fully saturated rings. The van der Waals surface area contributed by atoms with Gasteiger partial charge in [-0.2, -0.15) is 0 Å². The molecule has 0 spiro atoms. The second-order valence-electron chi connectivity index (χ2n) is 11.8. The molecule has 0 N–H and O–H groups in total. The van der Waals surface area contributed by atoms with E-state index in [2.05, 4.69) is 121 Å². The summed E-state index contributed by atoms with van der Waals surface area (Å²) in [6.07, 6.45) is -0.248. The third kappa shape index (κ3) is 6.56. The Balaban J connectivity index is 1.61. The molecule has 4 aromatic rings. The van der Waals surface area contributed by atoms with E-state index in [4.69, 9.17) is 18.9 Å². The van der Waals surface area contributed by atoms with Gasteiger partial charge < -0.3 is 18.9 Å². The quantitative estimate of drug-likeness (QED) is 0.212. The first-order valence-electron chi connectivity index (χ1n) is 14.7. The molecule has 0 amide bonds. The predicted octanol–water partition coefficient (Wildman–Crippen LogP) is 6.29. The van der Waals surface area contributed by atoms with Crippen molar-refractivity contribution in [2.45, 2.75) is 62.8 Å². The predicted molar refractivity (Wildman–Crippen MR) is 176 cm³/mol. The molecule has 218 valence electrons. The van der Waals surface area contributed by atoms with Crippen LogP contribution in [0.5, 0.6) is 0 Å². The Bertz CT molecular complexity index is 1230. The summed E-state index contributed by atoms with van der Waals surface area (Å²) >= 11 is 0. The van der Waals surface area contributed by atoms with E-state index in [0.29, 0.717) is 13.2 Å². The van der Waals surface area contributed by atoms with Crippen LogP contribution >= 0.6 is 15.8 Å². The second kappa shape index (κ2) is 12.7. The van der Waals surface area contributed by atoms with Gasteiger partial charge in [-0.05, 0) is 64.8 Å². The van der Waals surface area contributed by atoms with Crippen LogP contribution in [-0.2, 0) is 18.9 Å². The number of rotatable bonds is 9. The van der Waals surface area contributed by atoms with Gasteiger partial charge in [-0.25, -0.2) is 0 Å². The molecule has 4 nitrogen and oxygen atoms in total. The molecule has 2 saturated heterocycles. The smallest absolute Gasteiger partial charge is 0.163 e. The zero-order valence-electron chi connectivity index (χ0n) is 24.8. The highest BCUT2D eigenvalue weighted by atomic mass is 31.1. The van der Waals surface area contributed by atoms with Gasteiger partial charge in [0.05, 0.1) is 25.4 Å². The van der Waals surface area contributed by atoms with Crippen molar-refractivity contribution in [2.24, 2.45) is 0 Å². The van der Waals surface area contributed by atoms with Gasteiger partial charge in [0.25, 0.3) is 0 Å². The number of hydrogen-bond donors (Lipinski definition) is 0. The fraction of sp³-hybridized carbons (Fsp3) is 0.333. The minimum absolute atomic E-state index is 0.0839. The summed E-state index contributed by atoms with van der Waals surface area (Å²) in [6.45, 7) is 9.19. The topological polar surface area (TPSA) is 36.9 Å². The Hall–Kier alpha value is -2.42. The highest BCUT2D eigenvalue weighted by molar-refractivity contribution is 7.77. The minimum Gasteiger partial charge on any atom is -0.348 e. The van der Waals surface area contributed by atoms with E-state index in [-0.39, 0.29) is 23.5 Å². The van der Waals surface area contributed by atoms with Crippen LogP contribution < -0.4 is 21.2 Å². The lowest BCUT2D eigenvalue weighted by atomic mass is 10.1. The third-order valence-electron chi connectivity index (χ3n) is 7.91. The average Bonchev–Trinajstić information content (AvgIpc) is 3.56. The lowest BCUT2D eigenvalue weighted by Crippen LogP contribution is -2.50. The van der Waals surface area contributed by atoms with E-state index in [1.807, 2.05) is 27.7 Å². The van der Waals surface area contributed by atoms with Crippen molar-refractivity contribution < 1.29 is 18.9 Å². The molecule has 2 heterocycles. The molecule has 2 aliphatic heterocycles. The third-order valence-corrected chi connectivity index (χ3v) is 14.1. The first-order chi connectivity index (χ1) is 20.3. The Morgan fingerprint density at radius 3 is 0.952 bits per heavy atom. The maximum absolute atomic E-state index is 6.86. The van der Waals surface area contributed by atoms with E-state index in [0.717, 1.165) is 0 Å². The van der Waals surface area contributed by atoms with Gasteiger partial charge in [0, 0.05) is 11.3 Å². The molecule has 42 heavy (non-hydrogen) atoms. The average molecular weight is 599 g/mol. The van der Waals surface area contributed by atoms with E-state index >= 15 is 0 Å². The molecule has 6 rings (SSSR count). The number of ether oxygens (including phenoxy) is 4. The summed E-state index contributed by atoms with van der Waals surface area (Å²) in [4.78, 5) is 0. The molecule has 0 aromatic heterocycles. The molecule has 0 bridgehead atoms. The molecule has 0 unspecified atom stereocenters. The first-order valence-corrected chi connectivity index (χ1v) is 17.6. The molecule has 4 aromatic carbocycles. The van der Waals surface area contributed by atoms with E-state index in [1.165, 1.54) is 21.2 Å². The molecule has 0 saturated carbocycles. The van der Waals surface area contributed by atoms with Gasteiger partial charge in [0.1, 0.15) is 0 Å². The van der Waals surface area contributed by atoms with Crippen molar-refractivity contribution in [3.05, 3.63) is 121 Å². The van der Waals surface area contributed by atoms with Crippen molar-refractivity contribution in [3.63, 3.8) is 0 Å². The Morgan fingerprint density at radius 1 is 0.476 bits per heavy atom. The molecule has 0 aliphatic carbocycles. The van der Waals surface area contributed by atoms with Gasteiger partial charge in [-0.3, -0.25) is 0 Å². The fourth-order valence-corrected chi connectivity index (χ4v) is 12.9. The standard InChI is InChI=1S/C36H40O4P2/c1-35(2)37-25-31(39-35)33(41(27-17-9-5-10-18-27)28-19-11-6-12-20-28)34(32-26-38-36(3,4)40-32)42(29-21-13-7-14-22-29)30-23-15-8-16-24-30/h5-24,31-34H,25-26H2,1-4H3/t31-,32-,33-,34-/m0/s1. The fourth-order valence-electron chi connectivity index (χ4n) is 6.19. The highest BCUT2D eigenvalue weighted by Crippen LogP contribution is 2.57. The SMILES string of the molecule is CC1(C)OC[C@@H]([C@@H]([C@H]([C@@H]2COC(C)(C)O2)P(c2ccccc2)c2ccccc2)P(c2ccccc2)c2ccccc2)O1. The van der Waals surface area contributed by atoms with Gasteiger partial charge in [-0.15, -0.1) is 0 Å². The second-order valence-corrected chi connectivity index (χ2v) is 16.5. The highest BCUT2D eigenvalue weighted by Gasteiger charge is 2.52. The van der Waals surface area contributed by atoms with Gasteiger partial charge >= 0.3 is 0 Å². The lowest BCUT2D eigenvalue weighted by molar-refractivity contribution is -0.144. The van der Waals surface area contributed by atoms with E-state index < -0.39 is 27.4 Å². The van der Waals surface area contributed by atoms with Gasteiger partial charge in [0.2, 0.25) is 0 Å². The minimum atomic E-state index is -0.891. The summed E-state index contributed by atoms with van der Waals surface area (Å²) < 4.78 is 26.4. The van der Waals surface area contributed by atoms with Crippen LogP contribution in [0, 0.1) is 0 Å². The van der Waals surface area contributed by atoms with Crippen molar-refractivity contribution in [3.8, 4) is 0 Å². The summed E-state index contributed by atoms with van der Waals surface area (Å²) in [7, 11) is -1.78. The van der Waals surface area contributed by atoms with Crippen LogP contribution in [0.4, 0.5) is 0 Å². The van der Waals surface area contributed by atoms with E-state index in [1.54, 1.807) is 0 Å². The largest absolute Gasteiger partial charge is 0.348 e. The Kier molecular flexibility index (Phi) is 8.94. The normalized spacial score (nSPS) is 22.8. The summed E-state index contributed by atoms with van der Waals surface area (Å²) in [5.41, 5.74) is 0.168. The van der Waals surface area contributed by atoms with E-state index in [9.17, 15) is 0 Å². The summed E-state index contributed by atoms with van der Waals surface area (Å²) in [5.74, 6) is -1.31. The summed E-state index contributed by atoms with van der Waals surface area (Å²) in [6, 6.07) is 43.9. The number of benzene rings is 4. The Labute approximate surface area is 252 Å². The molecule has 2 aliphatic rings. The van der Waals surface area contributed by atoms with Crippen LogP contribution in [-0.4, -0.2) is 48.3 Å². The van der Waals surface area contributed by atoms with Crippen LogP contribution in [0.1, 0.15) is 27.7 Å². The van der Waals surface area contributed by atoms with Gasteiger partial charge in [-0.1, -0.05) is 121 Å². The molecule has 4 atom stereocenters. The monoisotopic (exact) mass is 598 g/mol. The maximum Gasteiger partial charge on any atom is 0.163 e. The summed E-state index contributed by atoms with van der Waals surface area (Å²) in [5, 5.41) is 5.32. The van der Waals surface area contributed by atoms with Crippen LogP contribution in [0.2, 0.25) is 0 Å². The maximum atomic E-state index is 6.86. The lowest BCUT2D eigenvalue weighted by Gasteiger charge is -2.44. The zero-order chi connectivity index (χ0) is 29.2. The molecular formula is C36H40O4P2. The molecule has 0 radical (unpaired) electrons. The van der Waals surface area contributed by atoms with Crippen molar-refractivity contribution >= 4 is 37.1 Å².